The lowest BCUT2D eigenvalue weighted by atomic mass is 10.0. The number of nitrogens with one attached hydrogen (secondary N) is 1. The number of aryl methyl sites for hydroxylation is 2. The Balaban J connectivity index is 1.42. The number of benzene rings is 1. The molecular formula is C19H21N7O. The molecule has 0 aliphatic rings. The molecule has 4 aromatic rings. The second-order valence-corrected chi connectivity index (χ2v) is 6.64. The number of nitrogens with two attached hydrogens (primary N) is 1. The molecule has 3 heterocycles. The van der Waals surface area contributed by atoms with Gasteiger partial charge in [0.1, 0.15) is 0 Å². The van der Waals surface area contributed by atoms with Crippen molar-refractivity contribution < 1.29 is 4.63 Å². The summed E-state index contributed by atoms with van der Waals surface area (Å²) in [5.74, 6) is 0. The Morgan fingerprint density at radius 3 is 2.56 bits per heavy atom. The van der Waals surface area contributed by atoms with Gasteiger partial charge in [-0.3, -0.25) is 4.68 Å². The number of hydrogen-bond donors (Lipinski definition) is 2. The lowest BCUT2D eigenvalue weighted by Gasteiger charge is -2.10. The molecule has 0 aliphatic heterocycles. The highest BCUT2D eigenvalue weighted by Gasteiger charge is 2.14. The fourth-order valence-corrected chi connectivity index (χ4v) is 3.11. The Kier molecular flexibility index (Phi) is 4.55. The van der Waals surface area contributed by atoms with Gasteiger partial charge in [0.15, 0.2) is 5.52 Å². The highest BCUT2D eigenvalue weighted by atomic mass is 16.6. The fourth-order valence-electron chi connectivity index (χ4n) is 3.11. The second-order valence-electron chi connectivity index (χ2n) is 6.64. The maximum atomic E-state index is 6.25. The van der Waals surface area contributed by atoms with E-state index < -0.39 is 0 Å². The molecule has 0 amide bonds. The van der Waals surface area contributed by atoms with Crippen LogP contribution in [0.3, 0.4) is 0 Å². The number of anilines is 1. The van der Waals surface area contributed by atoms with E-state index in [1.807, 2.05) is 26.4 Å². The van der Waals surface area contributed by atoms with E-state index >= 15 is 0 Å². The summed E-state index contributed by atoms with van der Waals surface area (Å²) >= 11 is 0. The molecule has 27 heavy (non-hydrogen) atoms. The molecule has 0 bridgehead atoms. The highest BCUT2D eigenvalue weighted by Crippen LogP contribution is 2.25. The van der Waals surface area contributed by atoms with Gasteiger partial charge < -0.3 is 11.1 Å². The number of aromatic nitrogens is 5. The predicted molar refractivity (Wildman–Crippen MR) is 102 cm³/mol. The van der Waals surface area contributed by atoms with E-state index in [0.717, 1.165) is 24.3 Å². The number of rotatable bonds is 6. The smallest absolute Gasteiger partial charge is 0.226 e. The zero-order valence-corrected chi connectivity index (χ0v) is 15.3. The topological polar surface area (TPSA) is 108 Å². The Morgan fingerprint density at radius 1 is 1.07 bits per heavy atom. The van der Waals surface area contributed by atoms with Gasteiger partial charge in [-0.2, -0.15) is 5.10 Å². The minimum absolute atomic E-state index is 0.448. The molecule has 4 rings (SSSR count). The van der Waals surface area contributed by atoms with Crippen LogP contribution in [0.15, 0.2) is 41.3 Å². The molecule has 0 saturated heterocycles. The molecule has 0 fully saturated rings. The fraction of sp³-hybridized carbons (Fsp3) is 0.263. The average molecular weight is 363 g/mol. The quantitative estimate of drug-likeness (QED) is 0.540. The second kappa shape index (κ2) is 7.16. The summed E-state index contributed by atoms with van der Waals surface area (Å²) in [5, 5.41) is 15.2. The van der Waals surface area contributed by atoms with Crippen LogP contribution >= 0.6 is 0 Å². The van der Waals surface area contributed by atoms with E-state index in [0.29, 0.717) is 23.3 Å². The van der Waals surface area contributed by atoms with E-state index in [2.05, 4.69) is 50.0 Å². The summed E-state index contributed by atoms with van der Waals surface area (Å²) in [6.45, 7) is 3.52. The SMILES string of the molecule is Cc1nc2nonc2c(N)c1Cc1ccc(CNCc2cnn(C)c2)cc1. The van der Waals surface area contributed by atoms with Crippen LogP contribution in [-0.4, -0.2) is 25.1 Å². The monoisotopic (exact) mass is 363 g/mol. The molecule has 3 aromatic heterocycles. The van der Waals surface area contributed by atoms with E-state index in [-0.39, 0.29) is 0 Å². The van der Waals surface area contributed by atoms with Crippen molar-refractivity contribution >= 4 is 16.9 Å². The van der Waals surface area contributed by atoms with Crippen LogP contribution in [0.25, 0.3) is 11.2 Å². The third-order valence-corrected chi connectivity index (χ3v) is 4.58. The van der Waals surface area contributed by atoms with Gasteiger partial charge in [0.05, 0.1) is 11.9 Å². The van der Waals surface area contributed by atoms with Crippen LogP contribution in [0.4, 0.5) is 5.69 Å². The largest absolute Gasteiger partial charge is 0.396 e. The number of hydrogen-bond acceptors (Lipinski definition) is 7. The van der Waals surface area contributed by atoms with Crippen LogP contribution in [0.1, 0.15) is 27.9 Å². The molecule has 0 saturated carbocycles. The van der Waals surface area contributed by atoms with Crippen molar-refractivity contribution in [3.05, 3.63) is 64.6 Å². The zero-order chi connectivity index (χ0) is 18.8. The molecule has 3 N–H and O–H groups in total. The van der Waals surface area contributed by atoms with Gasteiger partial charge in [-0.05, 0) is 28.4 Å². The molecule has 1 aromatic carbocycles. The van der Waals surface area contributed by atoms with Crippen molar-refractivity contribution in [3.63, 3.8) is 0 Å². The first-order valence-electron chi connectivity index (χ1n) is 8.73. The van der Waals surface area contributed by atoms with Crippen LogP contribution in [-0.2, 0) is 26.6 Å². The molecule has 0 spiro atoms. The van der Waals surface area contributed by atoms with Crippen molar-refractivity contribution in [2.24, 2.45) is 7.05 Å². The van der Waals surface area contributed by atoms with Gasteiger partial charge >= 0.3 is 0 Å². The maximum absolute atomic E-state index is 6.25. The van der Waals surface area contributed by atoms with Gasteiger partial charge in [-0.25, -0.2) is 9.61 Å². The Bertz CT molecular complexity index is 1070. The van der Waals surface area contributed by atoms with E-state index in [1.165, 1.54) is 16.7 Å². The van der Waals surface area contributed by atoms with E-state index in [4.69, 9.17) is 10.4 Å². The summed E-state index contributed by atoms with van der Waals surface area (Å²) in [4.78, 5) is 4.42. The van der Waals surface area contributed by atoms with Crippen LogP contribution in [0, 0.1) is 6.92 Å². The normalized spacial score (nSPS) is 11.3. The first-order chi connectivity index (χ1) is 13.1. The molecule has 8 heteroatoms. The van der Waals surface area contributed by atoms with Gasteiger partial charge in [0.2, 0.25) is 5.65 Å². The van der Waals surface area contributed by atoms with Crippen LogP contribution in [0.2, 0.25) is 0 Å². The summed E-state index contributed by atoms with van der Waals surface area (Å²) in [6.07, 6.45) is 4.58. The van der Waals surface area contributed by atoms with Gasteiger partial charge in [-0.1, -0.05) is 24.3 Å². The maximum Gasteiger partial charge on any atom is 0.226 e. The summed E-state index contributed by atoms with van der Waals surface area (Å²) < 4.78 is 6.54. The Hall–Kier alpha value is -3.26. The molecule has 0 aliphatic carbocycles. The molecular weight excluding hydrogens is 342 g/mol. The zero-order valence-electron chi connectivity index (χ0n) is 15.3. The predicted octanol–water partition coefficient (Wildman–Crippen LogP) is 2.12. The van der Waals surface area contributed by atoms with Crippen LogP contribution < -0.4 is 11.1 Å². The Labute approximate surface area is 156 Å². The molecule has 0 radical (unpaired) electrons. The average Bonchev–Trinajstić information content (AvgIpc) is 3.29. The molecule has 138 valence electrons. The highest BCUT2D eigenvalue weighted by molar-refractivity contribution is 5.85. The molecule has 0 atom stereocenters. The molecule has 0 unspecified atom stereocenters. The number of fused-ring (bicyclic) bond motifs is 1. The van der Waals surface area contributed by atoms with Gasteiger partial charge in [0, 0.05) is 49.6 Å². The van der Waals surface area contributed by atoms with Crippen molar-refractivity contribution in [1.82, 2.24) is 30.4 Å². The van der Waals surface area contributed by atoms with Gasteiger partial charge in [0.25, 0.3) is 0 Å². The lowest BCUT2D eigenvalue weighted by Crippen LogP contribution is -2.12. The van der Waals surface area contributed by atoms with E-state index in [1.54, 1.807) is 4.68 Å². The van der Waals surface area contributed by atoms with Crippen LogP contribution in [0.5, 0.6) is 0 Å². The standard InChI is InChI=1S/C19H21N7O/c1-12-16(17(20)18-19(23-12)25-27-24-18)7-13-3-5-14(6-4-13)8-21-9-15-10-22-26(2)11-15/h3-6,10-11,21H,7-9,20H2,1-2H3. The van der Waals surface area contributed by atoms with Gasteiger partial charge in [-0.15, -0.1) is 0 Å². The number of pyridine rings is 1. The first-order valence-corrected chi connectivity index (χ1v) is 8.73. The van der Waals surface area contributed by atoms with Crippen molar-refractivity contribution in [2.45, 2.75) is 26.4 Å². The Morgan fingerprint density at radius 2 is 1.81 bits per heavy atom. The van der Waals surface area contributed by atoms with Crippen molar-refractivity contribution in [3.8, 4) is 0 Å². The summed E-state index contributed by atoms with van der Waals surface area (Å²) in [7, 11) is 1.92. The third-order valence-electron chi connectivity index (χ3n) is 4.58. The van der Waals surface area contributed by atoms with Crippen molar-refractivity contribution in [1.29, 1.82) is 0 Å². The minimum Gasteiger partial charge on any atom is -0.396 e. The minimum atomic E-state index is 0.448. The number of nitrogen functional groups attached to an aromatic ring is 1. The van der Waals surface area contributed by atoms with Crippen molar-refractivity contribution in [2.75, 3.05) is 5.73 Å². The third kappa shape index (κ3) is 3.65. The van der Waals surface area contributed by atoms with E-state index in [9.17, 15) is 0 Å². The molecule has 8 nitrogen and oxygen atoms in total. The summed E-state index contributed by atoms with van der Waals surface area (Å²) in [5.41, 5.74) is 13.2. The first kappa shape index (κ1) is 17.2. The number of nitrogens with zero attached hydrogens (tertiary/aromatic N) is 5. The lowest BCUT2D eigenvalue weighted by molar-refractivity contribution is 0.315. The summed E-state index contributed by atoms with van der Waals surface area (Å²) in [6, 6.07) is 8.48.